The largest absolute Gasteiger partial charge is 0.367 e. The zero-order valence-corrected chi connectivity index (χ0v) is 16.8. The van der Waals surface area contributed by atoms with Crippen molar-refractivity contribution >= 4 is 10.0 Å². The lowest BCUT2D eigenvalue weighted by molar-refractivity contribution is -0.0935. The second kappa shape index (κ2) is 6.65. The van der Waals surface area contributed by atoms with Crippen LogP contribution in [0.1, 0.15) is 42.5 Å². The van der Waals surface area contributed by atoms with Gasteiger partial charge in [-0.2, -0.15) is 9.40 Å². The number of aryl methyl sites for hydroxylation is 2. The van der Waals surface area contributed by atoms with Crippen molar-refractivity contribution in [1.82, 2.24) is 24.1 Å². The fourth-order valence-corrected chi connectivity index (χ4v) is 5.82. The molecule has 8 nitrogen and oxygen atoms in total. The Balaban J connectivity index is 1.72. The summed E-state index contributed by atoms with van der Waals surface area (Å²) in [5, 5.41) is 4.21. The highest BCUT2D eigenvalue weighted by Gasteiger charge is 2.46. The maximum Gasteiger partial charge on any atom is 0.246 e. The highest BCUT2D eigenvalue weighted by molar-refractivity contribution is 7.89. The Bertz CT molecular complexity index is 971. The van der Waals surface area contributed by atoms with Crippen molar-refractivity contribution in [3.63, 3.8) is 0 Å². The van der Waals surface area contributed by atoms with Gasteiger partial charge in [-0.05, 0) is 45.6 Å². The Kier molecular flexibility index (Phi) is 4.56. The van der Waals surface area contributed by atoms with Crippen LogP contribution in [0.2, 0.25) is 0 Å². The molecule has 2 aromatic heterocycles. The lowest BCUT2D eigenvalue weighted by Crippen LogP contribution is -2.52. The highest BCUT2D eigenvalue weighted by atomic mass is 32.2. The van der Waals surface area contributed by atoms with Crippen molar-refractivity contribution in [3.05, 3.63) is 35.2 Å². The molecular formula is C18H25N5O3S. The molecule has 1 atom stereocenters. The first kappa shape index (κ1) is 18.5. The van der Waals surface area contributed by atoms with Crippen LogP contribution < -0.4 is 0 Å². The van der Waals surface area contributed by atoms with Crippen molar-refractivity contribution in [3.8, 4) is 0 Å². The molecule has 0 radical (unpaired) electrons. The number of sulfonamides is 1. The molecule has 0 aliphatic carbocycles. The van der Waals surface area contributed by atoms with Crippen molar-refractivity contribution in [1.29, 1.82) is 0 Å². The van der Waals surface area contributed by atoms with Crippen LogP contribution in [0.4, 0.5) is 0 Å². The zero-order chi connectivity index (χ0) is 19.2. The van der Waals surface area contributed by atoms with E-state index in [1.54, 1.807) is 11.6 Å². The molecule has 27 heavy (non-hydrogen) atoms. The van der Waals surface area contributed by atoms with E-state index in [2.05, 4.69) is 15.1 Å². The summed E-state index contributed by atoms with van der Waals surface area (Å²) in [6.07, 6.45) is 5.55. The quantitative estimate of drug-likeness (QED) is 0.789. The van der Waals surface area contributed by atoms with Gasteiger partial charge in [-0.3, -0.25) is 4.68 Å². The zero-order valence-electron chi connectivity index (χ0n) is 16.0. The minimum absolute atomic E-state index is 0.273. The molecule has 0 N–H and O–H groups in total. The van der Waals surface area contributed by atoms with Gasteiger partial charge in [-0.25, -0.2) is 18.4 Å². The van der Waals surface area contributed by atoms with Gasteiger partial charge in [0.2, 0.25) is 10.0 Å². The number of aromatic nitrogens is 4. The third kappa shape index (κ3) is 2.97. The summed E-state index contributed by atoms with van der Waals surface area (Å²) in [6.45, 7) is 7.53. The van der Waals surface area contributed by atoms with Gasteiger partial charge in [-0.15, -0.1) is 0 Å². The second-order valence-electron chi connectivity index (χ2n) is 7.24. The number of rotatable bonds is 3. The molecule has 0 unspecified atom stereocenters. The number of ether oxygens (including phenoxy) is 1. The third-order valence-corrected chi connectivity index (χ3v) is 7.51. The fourth-order valence-electron chi connectivity index (χ4n) is 4.14. The van der Waals surface area contributed by atoms with Crippen LogP contribution in [-0.4, -0.2) is 52.2 Å². The number of hydrogen-bond donors (Lipinski definition) is 0. The van der Waals surface area contributed by atoms with E-state index in [1.165, 1.54) is 10.5 Å². The number of piperidine rings is 1. The average molecular weight is 391 g/mol. The molecule has 4 heterocycles. The van der Waals surface area contributed by atoms with Gasteiger partial charge < -0.3 is 4.74 Å². The maximum absolute atomic E-state index is 13.3. The van der Waals surface area contributed by atoms with E-state index in [4.69, 9.17) is 4.74 Å². The van der Waals surface area contributed by atoms with Crippen LogP contribution in [0.3, 0.4) is 0 Å². The molecule has 0 bridgehead atoms. The Morgan fingerprint density at radius 3 is 2.85 bits per heavy atom. The standard InChI is InChI=1S/C18H25N5O3S/c1-4-23-13(2)16(11-20-23)27(24,25)22-8-5-7-18(12-22)17-15(6-9-26-18)10-19-14(3)21-17/h10-11H,4-9,12H2,1-3H3/t18-/m1/s1. The second-order valence-corrected chi connectivity index (χ2v) is 9.14. The van der Waals surface area contributed by atoms with Gasteiger partial charge >= 0.3 is 0 Å². The minimum atomic E-state index is -3.64. The topological polar surface area (TPSA) is 90.2 Å². The first-order valence-electron chi connectivity index (χ1n) is 9.37. The molecule has 146 valence electrons. The predicted molar refractivity (Wildman–Crippen MR) is 98.7 cm³/mol. The van der Waals surface area contributed by atoms with E-state index in [0.29, 0.717) is 31.2 Å². The van der Waals surface area contributed by atoms with Gasteiger partial charge in [-0.1, -0.05) is 0 Å². The summed E-state index contributed by atoms with van der Waals surface area (Å²) < 4.78 is 36.1. The fraction of sp³-hybridized carbons (Fsp3) is 0.611. The van der Waals surface area contributed by atoms with E-state index in [1.807, 2.05) is 20.0 Å². The van der Waals surface area contributed by atoms with Crippen LogP contribution in [0.25, 0.3) is 0 Å². The normalized spacial score (nSPS) is 23.5. The highest BCUT2D eigenvalue weighted by Crippen LogP contribution is 2.40. The van der Waals surface area contributed by atoms with Gasteiger partial charge in [0.05, 0.1) is 24.2 Å². The van der Waals surface area contributed by atoms with Gasteiger partial charge in [0.15, 0.2) is 0 Å². The van der Waals surface area contributed by atoms with Crippen LogP contribution >= 0.6 is 0 Å². The molecule has 2 aliphatic rings. The maximum atomic E-state index is 13.3. The van der Waals surface area contributed by atoms with E-state index in [9.17, 15) is 8.42 Å². The summed E-state index contributed by atoms with van der Waals surface area (Å²) >= 11 is 0. The van der Waals surface area contributed by atoms with Crippen molar-refractivity contribution < 1.29 is 13.2 Å². The SMILES string of the molecule is CCn1ncc(S(=O)(=O)N2CCC[C@]3(C2)OCCc2cnc(C)nc23)c1C. The summed E-state index contributed by atoms with van der Waals surface area (Å²) in [6, 6.07) is 0. The molecule has 0 aromatic carbocycles. The third-order valence-electron chi connectivity index (χ3n) is 5.56. The summed E-state index contributed by atoms with van der Waals surface area (Å²) in [5.41, 5.74) is 1.88. The molecule has 1 fully saturated rings. The Morgan fingerprint density at radius 2 is 2.11 bits per heavy atom. The molecule has 1 saturated heterocycles. The van der Waals surface area contributed by atoms with Gasteiger partial charge in [0.25, 0.3) is 0 Å². The average Bonchev–Trinajstić information content (AvgIpc) is 3.04. The molecular weight excluding hydrogens is 366 g/mol. The monoisotopic (exact) mass is 391 g/mol. The summed E-state index contributed by atoms with van der Waals surface area (Å²) in [4.78, 5) is 9.22. The van der Waals surface area contributed by atoms with Gasteiger partial charge in [0, 0.05) is 25.8 Å². The molecule has 2 aliphatic heterocycles. The Morgan fingerprint density at radius 1 is 1.30 bits per heavy atom. The lowest BCUT2D eigenvalue weighted by Gasteiger charge is -2.44. The van der Waals surface area contributed by atoms with Crippen LogP contribution in [0.5, 0.6) is 0 Å². The smallest absolute Gasteiger partial charge is 0.246 e. The molecule has 0 amide bonds. The van der Waals surface area contributed by atoms with Crippen LogP contribution in [0.15, 0.2) is 17.3 Å². The Labute approximate surface area is 159 Å². The first-order valence-corrected chi connectivity index (χ1v) is 10.8. The summed E-state index contributed by atoms with van der Waals surface area (Å²) in [7, 11) is -3.64. The molecule has 0 saturated carbocycles. The lowest BCUT2D eigenvalue weighted by atomic mass is 9.85. The van der Waals surface area contributed by atoms with E-state index in [-0.39, 0.29) is 11.4 Å². The predicted octanol–water partition coefficient (Wildman–Crippen LogP) is 1.56. The van der Waals surface area contributed by atoms with E-state index < -0.39 is 15.6 Å². The minimum Gasteiger partial charge on any atom is -0.367 e. The Hall–Kier alpha value is -1.84. The number of nitrogens with zero attached hydrogens (tertiary/aromatic N) is 5. The van der Waals surface area contributed by atoms with E-state index in [0.717, 1.165) is 30.5 Å². The molecule has 9 heteroatoms. The first-order chi connectivity index (χ1) is 12.9. The molecule has 2 aromatic rings. The van der Waals surface area contributed by atoms with Gasteiger partial charge in [0.1, 0.15) is 16.3 Å². The molecule has 1 spiro atoms. The van der Waals surface area contributed by atoms with Crippen LogP contribution in [-0.2, 0) is 33.3 Å². The number of hydrogen-bond acceptors (Lipinski definition) is 6. The van der Waals surface area contributed by atoms with E-state index >= 15 is 0 Å². The van der Waals surface area contributed by atoms with Crippen molar-refractivity contribution in [2.45, 2.75) is 57.1 Å². The van der Waals surface area contributed by atoms with Crippen molar-refractivity contribution in [2.24, 2.45) is 0 Å². The van der Waals surface area contributed by atoms with Crippen LogP contribution in [0, 0.1) is 13.8 Å². The summed E-state index contributed by atoms with van der Waals surface area (Å²) in [5.74, 6) is 0.679. The number of fused-ring (bicyclic) bond motifs is 2. The molecule has 4 rings (SSSR count). The van der Waals surface area contributed by atoms with Crippen molar-refractivity contribution in [2.75, 3.05) is 19.7 Å².